The lowest BCUT2D eigenvalue weighted by Gasteiger charge is -2.32. The molecule has 0 radical (unpaired) electrons. The summed E-state index contributed by atoms with van der Waals surface area (Å²) in [4.78, 5) is 12.2. The Morgan fingerprint density at radius 1 is 1.17 bits per heavy atom. The maximum Gasteiger partial charge on any atom is 0.243 e. The SMILES string of the molecule is C[C@@H]1C[C@H]1C(=O)Nc1ccc(S(=O)(=O)N2CCCC[C@@H]2C)cc1. The van der Waals surface area contributed by atoms with E-state index in [9.17, 15) is 13.2 Å². The van der Waals surface area contributed by atoms with Gasteiger partial charge < -0.3 is 5.32 Å². The molecule has 3 rings (SSSR count). The predicted molar refractivity (Wildman–Crippen MR) is 89.5 cm³/mol. The van der Waals surface area contributed by atoms with Crippen molar-refractivity contribution < 1.29 is 13.2 Å². The van der Waals surface area contributed by atoms with E-state index in [0.717, 1.165) is 25.7 Å². The van der Waals surface area contributed by atoms with Gasteiger partial charge in [-0.1, -0.05) is 13.3 Å². The molecule has 1 heterocycles. The van der Waals surface area contributed by atoms with Crippen LogP contribution in [0.25, 0.3) is 0 Å². The van der Waals surface area contributed by atoms with Gasteiger partial charge in [-0.25, -0.2) is 8.42 Å². The molecule has 0 aromatic heterocycles. The summed E-state index contributed by atoms with van der Waals surface area (Å²) in [5, 5.41) is 2.85. The Bertz CT molecular complexity index is 684. The number of hydrogen-bond donors (Lipinski definition) is 1. The Balaban J connectivity index is 1.72. The van der Waals surface area contributed by atoms with E-state index in [1.54, 1.807) is 28.6 Å². The zero-order chi connectivity index (χ0) is 16.6. The molecule has 23 heavy (non-hydrogen) atoms. The molecule has 1 aromatic carbocycles. The second kappa shape index (κ2) is 6.24. The van der Waals surface area contributed by atoms with Crippen LogP contribution in [0.3, 0.4) is 0 Å². The average Bonchev–Trinajstić information content (AvgIpc) is 3.25. The number of rotatable bonds is 4. The number of nitrogens with zero attached hydrogens (tertiary/aromatic N) is 1. The molecule has 2 fully saturated rings. The third kappa shape index (κ3) is 3.43. The molecule has 2 aliphatic rings. The Morgan fingerprint density at radius 3 is 2.39 bits per heavy atom. The molecule has 1 saturated carbocycles. The van der Waals surface area contributed by atoms with E-state index in [4.69, 9.17) is 0 Å². The maximum atomic E-state index is 12.7. The molecule has 0 bridgehead atoms. The van der Waals surface area contributed by atoms with Gasteiger partial charge in [-0.15, -0.1) is 0 Å². The molecule has 1 amide bonds. The third-order valence-electron chi connectivity index (χ3n) is 4.92. The van der Waals surface area contributed by atoms with Crippen LogP contribution in [0.1, 0.15) is 39.5 Å². The van der Waals surface area contributed by atoms with Crippen LogP contribution in [0.5, 0.6) is 0 Å². The smallest absolute Gasteiger partial charge is 0.243 e. The van der Waals surface area contributed by atoms with Gasteiger partial charge in [-0.2, -0.15) is 4.31 Å². The van der Waals surface area contributed by atoms with Gasteiger partial charge in [0.05, 0.1) is 4.90 Å². The average molecular weight is 336 g/mol. The van der Waals surface area contributed by atoms with Gasteiger partial charge in [0.25, 0.3) is 0 Å². The summed E-state index contributed by atoms with van der Waals surface area (Å²) in [6.45, 7) is 4.60. The van der Waals surface area contributed by atoms with Crippen LogP contribution < -0.4 is 5.32 Å². The second-order valence-electron chi connectivity index (χ2n) is 6.79. The van der Waals surface area contributed by atoms with E-state index in [1.165, 1.54) is 0 Å². The molecule has 5 nitrogen and oxygen atoms in total. The van der Waals surface area contributed by atoms with E-state index in [2.05, 4.69) is 12.2 Å². The zero-order valence-electron chi connectivity index (χ0n) is 13.7. The van der Waals surface area contributed by atoms with Crippen LogP contribution in [-0.2, 0) is 14.8 Å². The Morgan fingerprint density at radius 2 is 1.83 bits per heavy atom. The lowest BCUT2D eigenvalue weighted by Crippen LogP contribution is -2.41. The monoisotopic (exact) mass is 336 g/mol. The molecule has 1 aliphatic carbocycles. The van der Waals surface area contributed by atoms with Crippen molar-refractivity contribution >= 4 is 21.6 Å². The minimum absolute atomic E-state index is 0.0257. The minimum Gasteiger partial charge on any atom is -0.326 e. The molecule has 1 N–H and O–H groups in total. The summed E-state index contributed by atoms with van der Waals surface area (Å²) in [6.07, 6.45) is 3.84. The number of piperidine rings is 1. The van der Waals surface area contributed by atoms with Crippen LogP contribution in [0.2, 0.25) is 0 Å². The number of amides is 1. The van der Waals surface area contributed by atoms with Crippen LogP contribution >= 0.6 is 0 Å². The molecule has 1 aliphatic heterocycles. The van der Waals surface area contributed by atoms with Crippen molar-refractivity contribution in [3.8, 4) is 0 Å². The van der Waals surface area contributed by atoms with Crippen LogP contribution in [-0.4, -0.2) is 31.2 Å². The van der Waals surface area contributed by atoms with Crippen LogP contribution in [0.15, 0.2) is 29.2 Å². The maximum absolute atomic E-state index is 12.7. The van der Waals surface area contributed by atoms with E-state index in [-0.39, 0.29) is 17.9 Å². The first-order chi connectivity index (χ1) is 10.9. The highest BCUT2D eigenvalue weighted by Gasteiger charge is 2.39. The fraction of sp³-hybridized carbons (Fsp3) is 0.588. The second-order valence-corrected chi connectivity index (χ2v) is 8.68. The minimum atomic E-state index is -3.45. The summed E-state index contributed by atoms with van der Waals surface area (Å²) >= 11 is 0. The standard InChI is InChI=1S/C17H24N2O3S/c1-12-11-16(12)17(20)18-14-6-8-15(9-7-14)23(21,22)19-10-4-3-5-13(19)2/h6-9,12-13,16H,3-5,10-11H2,1-2H3,(H,18,20)/t12-,13+,16-/m1/s1. The van der Waals surface area contributed by atoms with E-state index >= 15 is 0 Å². The first kappa shape index (κ1) is 16.5. The molecular weight excluding hydrogens is 312 g/mol. The summed E-state index contributed by atoms with van der Waals surface area (Å²) < 4.78 is 27.1. The Kier molecular flexibility index (Phi) is 4.47. The Labute approximate surface area is 138 Å². The first-order valence-electron chi connectivity index (χ1n) is 8.32. The van der Waals surface area contributed by atoms with Crippen molar-refractivity contribution in [2.75, 3.05) is 11.9 Å². The first-order valence-corrected chi connectivity index (χ1v) is 9.76. The lowest BCUT2D eigenvalue weighted by molar-refractivity contribution is -0.117. The number of carbonyl (C=O) groups is 1. The number of sulfonamides is 1. The van der Waals surface area contributed by atoms with Crippen molar-refractivity contribution in [2.24, 2.45) is 11.8 Å². The largest absolute Gasteiger partial charge is 0.326 e. The molecular formula is C17H24N2O3S. The van der Waals surface area contributed by atoms with Crippen molar-refractivity contribution in [2.45, 2.75) is 50.5 Å². The number of nitrogens with one attached hydrogen (secondary N) is 1. The van der Waals surface area contributed by atoms with Gasteiger partial charge in [0.15, 0.2) is 0 Å². The third-order valence-corrected chi connectivity index (χ3v) is 6.94. The van der Waals surface area contributed by atoms with E-state index in [0.29, 0.717) is 23.0 Å². The van der Waals surface area contributed by atoms with Gasteiger partial charge in [0.1, 0.15) is 0 Å². The molecule has 1 saturated heterocycles. The number of benzene rings is 1. The summed E-state index contributed by atoms with van der Waals surface area (Å²) in [6, 6.07) is 6.56. The van der Waals surface area contributed by atoms with Crippen molar-refractivity contribution in [1.29, 1.82) is 0 Å². The lowest BCUT2D eigenvalue weighted by atomic mass is 10.1. The Hall–Kier alpha value is -1.40. The fourth-order valence-electron chi connectivity index (χ4n) is 3.20. The highest BCUT2D eigenvalue weighted by molar-refractivity contribution is 7.89. The van der Waals surface area contributed by atoms with Gasteiger partial charge in [-0.05, 0) is 56.4 Å². The van der Waals surface area contributed by atoms with Crippen LogP contribution in [0.4, 0.5) is 5.69 Å². The highest BCUT2D eigenvalue weighted by atomic mass is 32.2. The van der Waals surface area contributed by atoms with Crippen molar-refractivity contribution in [1.82, 2.24) is 4.31 Å². The van der Waals surface area contributed by atoms with E-state index < -0.39 is 10.0 Å². The fourth-order valence-corrected chi connectivity index (χ4v) is 4.90. The zero-order valence-corrected chi connectivity index (χ0v) is 14.5. The van der Waals surface area contributed by atoms with Gasteiger partial charge >= 0.3 is 0 Å². The number of hydrogen-bond acceptors (Lipinski definition) is 3. The molecule has 3 atom stereocenters. The summed E-state index contributed by atoms with van der Waals surface area (Å²) in [5.74, 6) is 0.584. The topological polar surface area (TPSA) is 66.5 Å². The molecule has 0 unspecified atom stereocenters. The molecule has 0 spiro atoms. The van der Waals surface area contributed by atoms with E-state index in [1.807, 2.05) is 6.92 Å². The summed E-state index contributed by atoms with van der Waals surface area (Å²) in [7, 11) is -3.45. The normalized spacial score (nSPS) is 28.3. The predicted octanol–water partition coefficient (Wildman–Crippen LogP) is 2.84. The number of anilines is 1. The molecule has 126 valence electrons. The van der Waals surface area contributed by atoms with Gasteiger partial charge in [0, 0.05) is 24.2 Å². The van der Waals surface area contributed by atoms with Crippen molar-refractivity contribution in [3.63, 3.8) is 0 Å². The van der Waals surface area contributed by atoms with Crippen molar-refractivity contribution in [3.05, 3.63) is 24.3 Å². The highest BCUT2D eigenvalue weighted by Crippen LogP contribution is 2.38. The quantitative estimate of drug-likeness (QED) is 0.919. The number of carbonyl (C=O) groups excluding carboxylic acids is 1. The molecule has 1 aromatic rings. The van der Waals surface area contributed by atoms with Gasteiger partial charge in [-0.3, -0.25) is 4.79 Å². The molecule has 6 heteroatoms. The summed E-state index contributed by atoms with van der Waals surface area (Å²) in [5.41, 5.74) is 0.653. The van der Waals surface area contributed by atoms with Crippen LogP contribution in [0, 0.1) is 11.8 Å². The van der Waals surface area contributed by atoms with Gasteiger partial charge in [0.2, 0.25) is 15.9 Å².